The van der Waals surface area contributed by atoms with Crippen molar-refractivity contribution in [3.8, 4) is 0 Å². The first kappa shape index (κ1) is 10.3. The van der Waals surface area contributed by atoms with Crippen molar-refractivity contribution in [2.75, 3.05) is 0 Å². The van der Waals surface area contributed by atoms with E-state index >= 15 is 0 Å². The van der Waals surface area contributed by atoms with Crippen LogP contribution in [-0.2, 0) is 0 Å². The average molecular weight is 257 g/mol. The number of aromatic nitrogens is 4. The summed E-state index contributed by atoms with van der Waals surface area (Å²) in [6.07, 6.45) is 6.41. The van der Waals surface area contributed by atoms with Gasteiger partial charge in [-0.3, -0.25) is 0 Å². The maximum Gasteiger partial charge on any atom is 0.241 e. The lowest BCUT2D eigenvalue weighted by Gasteiger charge is -2.06. The third-order valence-electron chi connectivity index (χ3n) is 3.07. The quantitative estimate of drug-likeness (QED) is 0.788. The molecule has 1 aliphatic carbocycles. The zero-order valence-corrected chi connectivity index (χ0v) is 10.0. The number of hydrogen-bond acceptors (Lipinski definition) is 3. The molecule has 2 heterocycles. The molecule has 0 N–H and O–H groups in total. The van der Waals surface area contributed by atoms with Gasteiger partial charge in [-0.05, 0) is 24.4 Å². The van der Waals surface area contributed by atoms with Crippen LogP contribution in [0.5, 0.6) is 0 Å². The lowest BCUT2D eigenvalue weighted by molar-refractivity contribution is 0.640. The van der Waals surface area contributed by atoms with Gasteiger partial charge in [-0.2, -0.15) is 0 Å². The van der Waals surface area contributed by atoms with Crippen LogP contribution in [-0.4, -0.2) is 19.6 Å². The van der Waals surface area contributed by atoms with Crippen molar-refractivity contribution in [2.45, 2.75) is 31.6 Å². The molecule has 0 saturated heterocycles. The second-order valence-corrected chi connectivity index (χ2v) is 4.76. The van der Waals surface area contributed by atoms with Gasteiger partial charge < -0.3 is 0 Å². The van der Waals surface area contributed by atoms with E-state index < -0.39 is 0 Å². The molecular weight excluding hydrogens is 247 g/mol. The van der Waals surface area contributed by atoms with E-state index in [4.69, 9.17) is 23.2 Å². The minimum Gasteiger partial charge on any atom is -0.223 e. The van der Waals surface area contributed by atoms with Gasteiger partial charge in [0.1, 0.15) is 11.3 Å². The Bertz CT molecular complexity index is 531. The Morgan fingerprint density at radius 2 is 2.00 bits per heavy atom. The smallest absolute Gasteiger partial charge is 0.223 e. The molecule has 1 saturated carbocycles. The van der Waals surface area contributed by atoms with Crippen molar-refractivity contribution in [1.29, 1.82) is 0 Å². The van der Waals surface area contributed by atoms with E-state index in [1.807, 2.05) is 0 Å². The molecule has 16 heavy (non-hydrogen) atoms. The highest BCUT2D eigenvalue weighted by Gasteiger charge is 2.23. The molecular formula is C10H10Cl2N4. The summed E-state index contributed by atoms with van der Waals surface area (Å²) >= 11 is 11.8. The predicted octanol–water partition coefficient (Wildman–Crippen LogP) is 3.09. The maximum absolute atomic E-state index is 6.05. The van der Waals surface area contributed by atoms with Crippen molar-refractivity contribution in [3.63, 3.8) is 0 Å². The van der Waals surface area contributed by atoms with E-state index in [2.05, 4.69) is 15.1 Å². The Morgan fingerprint density at radius 3 is 2.75 bits per heavy atom. The minimum absolute atomic E-state index is 0.223. The molecule has 0 radical (unpaired) electrons. The summed E-state index contributed by atoms with van der Waals surface area (Å²) in [6.45, 7) is 0. The summed E-state index contributed by atoms with van der Waals surface area (Å²) in [7, 11) is 0. The molecule has 2 aromatic heterocycles. The van der Waals surface area contributed by atoms with Gasteiger partial charge in [0.15, 0.2) is 5.15 Å². The topological polar surface area (TPSA) is 43.1 Å². The van der Waals surface area contributed by atoms with Crippen molar-refractivity contribution >= 4 is 28.7 Å². The highest BCUT2D eigenvalue weighted by molar-refractivity contribution is 6.32. The fourth-order valence-corrected chi connectivity index (χ4v) is 2.64. The summed E-state index contributed by atoms with van der Waals surface area (Å²) in [5.41, 5.74) is 0.730. The zero-order valence-electron chi connectivity index (χ0n) is 8.53. The fourth-order valence-electron chi connectivity index (χ4n) is 2.30. The van der Waals surface area contributed by atoms with Crippen molar-refractivity contribution in [3.05, 3.63) is 22.5 Å². The van der Waals surface area contributed by atoms with Crippen LogP contribution in [0.1, 0.15) is 37.4 Å². The largest absolute Gasteiger partial charge is 0.241 e. The fraction of sp³-hybridized carbons (Fsp3) is 0.500. The van der Waals surface area contributed by atoms with Crippen LogP contribution < -0.4 is 0 Å². The van der Waals surface area contributed by atoms with Crippen molar-refractivity contribution in [2.24, 2.45) is 0 Å². The molecule has 84 valence electrons. The Morgan fingerprint density at radius 1 is 1.25 bits per heavy atom. The van der Waals surface area contributed by atoms with Crippen molar-refractivity contribution < 1.29 is 0 Å². The molecule has 0 aliphatic heterocycles. The van der Waals surface area contributed by atoms with Crippen LogP contribution in [0.4, 0.5) is 0 Å². The molecule has 4 nitrogen and oxygen atoms in total. The SMILES string of the molecule is Clc1ncc2c(Cl)nc(C3CCCC3)n2n1. The summed E-state index contributed by atoms with van der Waals surface area (Å²) in [6, 6.07) is 0. The molecule has 0 bridgehead atoms. The average Bonchev–Trinajstić information content (AvgIpc) is 2.86. The van der Waals surface area contributed by atoms with Gasteiger partial charge in [-0.15, -0.1) is 5.10 Å². The van der Waals surface area contributed by atoms with E-state index in [0.29, 0.717) is 11.1 Å². The second kappa shape index (κ2) is 3.86. The number of hydrogen-bond donors (Lipinski definition) is 0. The van der Waals surface area contributed by atoms with Crippen LogP contribution >= 0.6 is 23.2 Å². The molecule has 6 heteroatoms. The summed E-state index contributed by atoms with van der Waals surface area (Å²) in [5.74, 6) is 1.37. The minimum atomic E-state index is 0.223. The first-order valence-corrected chi connectivity index (χ1v) is 6.08. The van der Waals surface area contributed by atoms with Crippen molar-refractivity contribution in [1.82, 2.24) is 19.6 Å². The first-order chi connectivity index (χ1) is 7.75. The van der Waals surface area contributed by atoms with Crippen LogP contribution in [0.25, 0.3) is 5.52 Å². The van der Waals surface area contributed by atoms with Gasteiger partial charge in [0.2, 0.25) is 5.28 Å². The molecule has 0 aromatic carbocycles. The van der Waals surface area contributed by atoms with E-state index in [1.165, 1.54) is 12.8 Å². The first-order valence-electron chi connectivity index (χ1n) is 5.32. The number of halogens is 2. The van der Waals surface area contributed by atoms with Crippen LogP contribution in [0.3, 0.4) is 0 Å². The summed E-state index contributed by atoms with van der Waals surface area (Å²) in [5, 5.41) is 4.85. The van der Waals surface area contributed by atoms with Crippen LogP contribution in [0.2, 0.25) is 10.4 Å². The third-order valence-corrected chi connectivity index (χ3v) is 3.52. The van der Waals surface area contributed by atoms with Gasteiger partial charge in [0.05, 0.1) is 6.20 Å². The molecule has 0 unspecified atom stereocenters. The Balaban J connectivity index is 2.19. The molecule has 0 spiro atoms. The second-order valence-electron chi connectivity index (χ2n) is 4.07. The van der Waals surface area contributed by atoms with E-state index in [9.17, 15) is 0 Å². The Labute approximate surface area is 103 Å². The monoisotopic (exact) mass is 256 g/mol. The molecule has 1 aliphatic rings. The Kier molecular flexibility index (Phi) is 2.48. The summed E-state index contributed by atoms with van der Waals surface area (Å²) < 4.78 is 1.73. The van der Waals surface area contributed by atoms with Gasteiger partial charge in [-0.25, -0.2) is 14.5 Å². The Hall–Kier alpha value is -0.870. The number of nitrogens with zero attached hydrogens (tertiary/aromatic N) is 4. The maximum atomic E-state index is 6.05. The van der Waals surface area contributed by atoms with Gasteiger partial charge in [-0.1, -0.05) is 24.4 Å². The lowest BCUT2D eigenvalue weighted by Crippen LogP contribution is -2.03. The molecule has 0 atom stereocenters. The number of rotatable bonds is 1. The van der Waals surface area contributed by atoms with Gasteiger partial charge in [0.25, 0.3) is 0 Å². The van der Waals surface area contributed by atoms with Crippen LogP contribution in [0, 0.1) is 0 Å². The predicted molar refractivity (Wildman–Crippen MR) is 62.0 cm³/mol. The van der Waals surface area contributed by atoms with E-state index in [0.717, 1.165) is 24.2 Å². The van der Waals surface area contributed by atoms with Gasteiger partial charge in [0, 0.05) is 5.92 Å². The highest BCUT2D eigenvalue weighted by Crippen LogP contribution is 2.34. The number of imidazole rings is 1. The third kappa shape index (κ3) is 1.57. The molecule has 0 amide bonds. The number of fused-ring (bicyclic) bond motifs is 1. The van der Waals surface area contributed by atoms with Gasteiger partial charge >= 0.3 is 0 Å². The molecule has 2 aromatic rings. The zero-order chi connectivity index (χ0) is 11.1. The normalized spacial score (nSPS) is 17.4. The molecule has 3 rings (SSSR count). The van der Waals surface area contributed by atoms with Crippen LogP contribution in [0.15, 0.2) is 6.20 Å². The lowest BCUT2D eigenvalue weighted by atomic mass is 10.1. The highest BCUT2D eigenvalue weighted by atomic mass is 35.5. The van der Waals surface area contributed by atoms with E-state index in [1.54, 1.807) is 10.7 Å². The molecule has 1 fully saturated rings. The standard InChI is InChI=1S/C10H10Cl2N4/c11-8-7-5-13-10(12)15-16(7)9(14-8)6-3-1-2-4-6/h5-6H,1-4H2. The van der Waals surface area contributed by atoms with E-state index in [-0.39, 0.29) is 5.28 Å². The summed E-state index contributed by atoms with van der Waals surface area (Å²) in [4.78, 5) is 8.30.